The number of rotatable bonds is 4. The van der Waals surface area contributed by atoms with Crippen molar-refractivity contribution in [2.24, 2.45) is 0 Å². The van der Waals surface area contributed by atoms with E-state index in [1.165, 1.54) is 10.4 Å². The summed E-state index contributed by atoms with van der Waals surface area (Å²) in [7, 11) is -3.95. The number of anilines is 1. The number of sulfonamides is 1. The molecule has 9 heteroatoms. The first-order chi connectivity index (χ1) is 12.9. The van der Waals surface area contributed by atoms with Gasteiger partial charge in [0, 0.05) is 29.7 Å². The molecular formula is C18H17FN4O3S. The fourth-order valence-electron chi connectivity index (χ4n) is 3.13. The van der Waals surface area contributed by atoms with Crippen LogP contribution in [0.15, 0.2) is 47.5 Å². The second-order valence-corrected chi connectivity index (χ2v) is 8.29. The van der Waals surface area contributed by atoms with Crippen LogP contribution in [-0.4, -0.2) is 41.9 Å². The third-order valence-corrected chi connectivity index (χ3v) is 6.49. The van der Waals surface area contributed by atoms with Crippen molar-refractivity contribution in [2.45, 2.75) is 17.7 Å². The highest BCUT2D eigenvalue weighted by molar-refractivity contribution is 7.89. The molecule has 3 aromatic rings. The van der Waals surface area contributed by atoms with Crippen LogP contribution in [0.4, 0.5) is 10.1 Å². The number of carbonyl (C=O) groups excluding carboxylic acids is 1. The lowest BCUT2D eigenvalue weighted by Crippen LogP contribution is -2.29. The van der Waals surface area contributed by atoms with Gasteiger partial charge in [0.15, 0.2) is 0 Å². The molecule has 1 saturated heterocycles. The highest BCUT2D eigenvalue weighted by Gasteiger charge is 2.30. The van der Waals surface area contributed by atoms with Gasteiger partial charge in [-0.15, -0.1) is 0 Å². The fourth-order valence-corrected chi connectivity index (χ4v) is 4.74. The molecule has 2 heterocycles. The van der Waals surface area contributed by atoms with Crippen molar-refractivity contribution in [1.82, 2.24) is 14.5 Å². The molecule has 27 heavy (non-hydrogen) atoms. The van der Waals surface area contributed by atoms with Gasteiger partial charge in [0.25, 0.3) is 5.91 Å². The van der Waals surface area contributed by atoms with Crippen LogP contribution in [-0.2, 0) is 10.0 Å². The standard InChI is InChI=1S/C18H17FN4O3S/c19-15-6-4-12(9-17(15)27(25,26)23-7-1-2-8-23)18(24)21-14-5-3-13-11-20-22-16(13)10-14/h3-6,9-11H,1-2,7-8H2,(H,20,22)(H,21,24). The molecule has 1 aliphatic rings. The minimum Gasteiger partial charge on any atom is -0.322 e. The number of halogens is 1. The molecule has 0 saturated carbocycles. The molecule has 7 nitrogen and oxygen atoms in total. The van der Waals surface area contributed by atoms with Crippen LogP contribution in [0.3, 0.4) is 0 Å². The summed E-state index contributed by atoms with van der Waals surface area (Å²) >= 11 is 0. The Morgan fingerprint density at radius 3 is 2.70 bits per heavy atom. The molecule has 0 aliphatic carbocycles. The van der Waals surface area contributed by atoms with Crippen LogP contribution in [0.5, 0.6) is 0 Å². The molecule has 0 radical (unpaired) electrons. The number of aromatic amines is 1. The number of nitrogens with zero attached hydrogens (tertiary/aromatic N) is 2. The molecule has 0 atom stereocenters. The van der Waals surface area contributed by atoms with Gasteiger partial charge in [-0.3, -0.25) is 9.89 Å². The second-order valence-electron chi connectivity index (χ2n) is 6.38. The largest absolute Gasteiger partial charge is 0.322 e. The monoisotopic (exact) mass is 388 g/mol. The zero-order chi connectivity index (χ0) is 19.0. The van der Waals surface area contributed by atoms with Crippen molar-refractivity contribution in [3.63, 3.8) is 0 Å². The summed E-state index contributed by atoms with van der Waals surface area (Å²) in [6.45, 7) is 0.727. The van der Waals surface area contributed by atoms with E-state index in [1.807, 2.05) is 0 Å². The highest BCUT2D eigenvalue weighted by atomic mass is 32.2. The average molecular weight is 388 g/mol. The number of H-pyrrole nitrogens is 1. The Hall–Kier alpha value is -2.78. The van der Waals surface area contributed by atoms with Crippen molar-refractivity contribution >= 4 is 32.5 Å². The SMILES string of the molecule is O=C(Nc1ccc2cn[nH]c2c1)c1ccc(F)c(S(=O)(=O)N2CCCC2)c1. The maximum Gasteiger partial charge on any atom is 0.255 e. The minimum atomic E-state index is -3.95. The van der Waals surface area contributed by atoms with Crippen LogP contribution < -0.4 is 5.32 Å². The first-order valence-corrected chi connectivity index (χ1v) is 9.93. The normalized spacial score (nSPS) is 15.3. The van der Waals surface area contributed by atoms with Crippen molar-refractivity contribution < 1.29 is 17.6 Å². The van der Waals surface area contributed by atoms with Crippen molar-refractivity contribution in [3.05, 3.63) is 54.0 Å². The number of benzene rings is 2. The average Bonchev–Trinajstić information content (AvgIpc) is 3.33. The van der Waals surface area contributed by atoms with E-state index < -0.39 is 26.6 Å². The smallest absolute Gasteiger partial charge is 0.255 e. The second kappa shape index (κ2) is 6.75. The van der Waals surface area contributed by atoms with E-state index in [0.29, 0.717) is 18.8 Å². The number of nitrogens with one attached hydrogen (secondary N) is 2. The molecule has 140 valence electrons. The summed E-state index contributed by atoms with van der Waals surface area (Å²) in [5.41, 5.74) is 1.34. The Kier molecular flexibility index (Phi) is 4.40. The summed E-state index contributed by atoms with van der Waals surface area (Å²) in [4.78, 5) is 12.1. The van der Waals surface area contributed by atoms with Crippen molar-refractivity contribution in [1.29, 1.82) is 0 Å². The third kappa shape index (κ3) is 3.31. The van der Waals surface area contributed by atoms with E-state index >= 15 is 0 Å². The molecule has 1 aromatic heterocycles. The zero-order valence-electron chi connectivity index (χ0n) is 14.3. The van der Waals surface area contributed by atoms with Gasteiger partial charge >= 0.3 is 0 Å². The Labute approximate surface area is 155 Å². The van der Waals surface area contributed by atoms with Crippen LogP contribution in [0.1, 0.15) is 23.2 Å². The number of aromatic nitrogens is 2. The van der Waals surface area contributed by atoms with Gasteiger partial charge < -0.3 is 5.32 Å². The van der Waals surface area contributed by atoms with E-state index in [9.17, 15) is 17.6 Å². The Bertz CT molecular complexity index is 1120. The maximum atomic E-state index is 14.2. The summed E-state index contributed by atoms with van der Waals surface area (Å²) in [5, 5.41) is 10.3. The number of hydrogen-bond donors (Lipinski definition) is 2. The molecule has 4 rings (SSSR count). The predicted molar refractivity (Wildman–Crippen MR) is 98.4 cm³/mol. The van der Waals surface area contributed by atoms with Gasteiger partial charge in [0.2, 0.25) is 10.0 Å². The molecule has 2 aromatic carbocycles. The Balaban J connectivity index is 1.62. The lowest BCUT2D eigenvalue weighted by atomic mass is 10.2. The van der Waals surface area contributed by atoms with Gasteiger partial charge in [0.1, 0.15) is 10.7 Å². The highest BCUT2D eigenvalue weighted by Crippen LogP contribution is 2.25. The van der Waals surface area contributed by atoms with E-state index in [1.54, 1.807) is 24.4 Å². The molecule has 0 spiro atoms. The number of fused-ring (bicyclic) bond motifs is 1. The number of carbonyl (C=O) groups is 1. The molecule has 0 unspecified atom stereocenters. The quantitative estimate of drug-likeness (QED) is 0.718. The topological polar surface area (TPSA) is 95.2 Å². The summed E-state index contributed by atoms with van der Waals surface area (Å²) in [6.07, 6.45) is 3.16. The lowest BCUT2D eigenvalue weighted by Gasteiger charge is -2.16. The van der Waals surface area contributed by atoms with Gasteiger partial charge in [-0.2, -0.15) is 9.40 Å². The van der Waals surface area contributed by atoms with Crippen LogP contribution in [0.25, 0.3) is 10.9 Å². The minimum absolute atomic E-state index is 0.0684. The molecule has 1 fully saturated rings. The zero-order valence-corrected chi connectivity index (χ0v) is 15.1. The van der Waals surface area contributed by atoms with E-state index in [2.05, 4.69) is 15.5 Å². The molecular weight excluding hydrogens is 371 g/mol. The first-order valence-electron chi connectivity index (χ1n) is 8.49. The molecule has 2 N–H and O–H groups in total. The van der Waals surface area contributed by atoms with E-state index in [0.717, 1.165) is 35.9 Å². The summed E-state index contributed by atoms with van der Waals surface area (Å²) in [6, 6.07) is 8.58. The van der Waals surface area contributed by atoms with Gasteiger partial charge in [0.05, 0.1) is 11.7 Å². The van der Waals surface area contributed by atoms with Gasteiger partial charge in [-0.25, -0.2) is 12.8 Å². The summed E-state index contributed by atoms with van der Waals surface area (Å²) in [5.74, 6) is -1.39. The first kappa shape index (κ1) is 17.6. The maximum absolute atomic E-state index is 14.2. The fraction of sp³-hybridized carbons (Fsp3) is 0.222. The third-order valence-electron chi connectivity index (χ3n) is 4.58. The molecule has 1 aliphatic heterocycles. The van der Waals surface area contributed by atoms with Crippen molar-refractivity contribution in [3.8, 4) is 0 Å². The van der Waals surface area contributed by atoms with Gasteiger partial charge in [-0.05, 0) is 49.2 Å². The molecule has 1 amide bonds. The lowest BCUT2D eigenvalue weighted by molar-refractivity contribution is 0.102. The Morgan fingerprint density at radius 1 is 1.15 bits per heavy atom. The molecule has 0 bridgehead atoms. The van der Waals surface area contributed by atoms with Crippen LogP contribution >= 0.6 is 0 Å². The Morgan fingerprint density at radius 2 is 1.93 bits per heavy atom. The van der Waals surface area contributed by atoms with E-state index in [4.69, 9.17) is 0 Å². The summed E-state index contributed by atoms with van der Waals surface area (Å²) < 4.78 is 40.7. The van der Waals surface area contributed by atoms with Gasteiger partial charge in [-0.1, -0.05) is 0 Å². The van der Waals surface area contributed by atoms with E-state index in [-0.39, 0.29) is 5.56 Å². The van der Waals surface area contributed by atoms with Crippen LogP contribution in [0.2, 0.25) is 0 Å². The van der Waals surface area contributed by atoms with Crippen LogP contribution in [0, 0.1) is 5.82 Å². The predicted octanol–water partition coefficient (Wildman–Crippen LogP) is 2.74. The number of amides is 1. The van der Waals surface area contributed by atoms with Crippen molar-refractivity contribution in [2.75, 3.05) is 18.4 Å². The number of hydrogen-bond acceptors (Lipinski definition) is 4.